The first-order valence-electron chi connectivity index (χ1n) is 9.63. The van der Waals surface area contributed by atoms with Crippen molar-refractivity contribution in [3.63, 3.8) is 0 Å². The van der Waals surface area contributed by atoms with Crippen LogP contribution >= 0.6 is 0 Å². The number of carbonyl (C=O) groups excluding carboxylic acids is 3. The Hall–Kier alpha value is -3.68. The van der Waals surface area contributed by atoms with Gasteiger partial charge in [0.05, 0.1) is 19.2 Å². The fraction of sp³-hybridized carbons (Fsp3) is 0.273. The van der Waals surface area contributed by atoms with Gasteiger partial charge in [0, 0.05) is 13.1 Å². The number of amidine groups is 1. The molecule has 0 saturated carbocycles. The summed E-state index contributed by atoms with van der Waals surface area (Å²) in [5, 5.41) is 1.33. The number of hydrazine groups is 1. The summed E-state index contributed by atoms with van der Waals surface area (Å²) in [7, 11) is 1.31. The average Bonchev–Trinajstić information content (AvgIpc) is 2.78. The number of hydrogen-bond donors (Lipinski definition) is 1. The zero-order valence-electron chi connectivity index (χ0n) is 16.9. The molecule has 2 aromatic rings. The molecule has 1 aliphatic rings. The van der Waals surface area contributed by atoms with E-state index in [1.54, 1.807) is 31.2 Å². The number of hydrogen-bond acceptors (Lipinski definition) is 6. The van der Waals surface area contributed by atoms with E-state index in [0.717, 1.165) is 5.56 Å². The third kappa shape index (κ3) is 5.02. The second-order valence-corrected chi connectivity index (χ2v) is 6.81. The molecule has 8 nitrogen and oxygen atoms in total. The highest BCUT2D eigenvalue weighted by molar-refractivity contribution is 6.39. The molecule has 0 aromatic heterocycles. The zero-order chi connectivity index (χ0) is 21.5. The van der Waals surface area contributed by atoms with Crippen LogP contribution in [0.3, 0.4) is 0 Å². The normalized spacial score (nSPS) is 15.8. The van der Waals surface area contributed by atoms with Gasteiger partial charge < -0.3 is 9.64 Å². The zero-order valence-corrected chi connectivity index (χ0v) is 16.9. The van der Waals surface area contributed by atoms with Gasteiger partial charge in [-0.05, 0) is 24.6 Å². The molecule has 2 amide bonds. The van der Waals surface area contributed by atoms with Crippen molar-refractivity contribution in [2.24, 2.45) is 4.99 Å². The molecule has 1 heterocycles. The first kappa shape index (κ1) is 21.0. The minimum atomic E-state index is -0.718. The van der Waals surface area contributed by atoms with Gasteiger partial charge in [-0.2, -0.15) is 0 Å². The van der Waals surface area contributed by atoms with Gasteiger partial charge in [-0.3, -0.25) is 19.8 Å². The third-order valence-electron chi connectivity index (χ3n) is 4.65. The van der Waals surface area contributed by atoms with Crippen LogP contribution < -0.4 is 10.4 Å². The molecule has 30 heavy (non-hydrogen) atoms. The molecule has 0 aliphatic carbocycles. The van der Waals surface area contributed by atoms with Crippen molar-refractivity contribution in [2.45, 2.75) is 25.9 Å². The highest BCUT2D eigenvalue weighted by Gasteiger charge is 2.32. The lowest BCUT2D eigenvalue weighted by Gasteiger charge is -2.32. The maximum Gasteiger partial charge on any atom is 0.307 e. The molecule has 0 radical (unpaired) electrons. The molecule has 1 N–H and O–H groups in total. The van der Waals surface area contributed by atoms with Crippen molar-refractivity contribution in [3.05, 3.63) is 66.2 Å². The SMILES string of the molecule is COC(=O)CCN(Cc1ccccc1)C(=O)C1=NC(C)C(=O)N(c2ccccc2)N1. The van der Waals surface area contributed by atoms with Gasteiger partial charge in [0.2, 0.25) is 5.84 Å². The van der Waals surface area contributed by atoms with Gasteiger partial charge in [0.15, 0.2) is 0 Å². The van der Waals surface area contributed by atoms with E-state index in [-0.39, 0.29) is 24.7 Å². The summed E-state index contributed by atoms with van der Waals surface area (Å²) >= 11 is 0. The topological polar surface area (TPSA) is 91.3 Å². The van der Waals surface area contributed by atoms with Crippen LogP contribution in [0.25, 0.3) is 0 Å². The van der Waals surface area contributed by atoms with Crippen molar-refractivity contribution >= 4 is 29.3 Å². The lowest BCUT2D eigenvalue weighted by Crippen LogP contribution is -2.58. The monoisotopic (exact) mass is 408 g/mol. The van der Waals surface area contributed by atoms with E-state index in [1.807, 2.05) is 36.4 Å². The van der Waals surface area contributed by atoms with E-state index >= 15 is 0 Å². The fourth-order valence-electron chi connectivity index (χ4n) is 3.03. The van der Waals surface area contributed by atoms with Crippen LogP contribution in [0, 0.1) is 0 Å². The molecule has 1 atom stereocenters. The minimum Gasteiger partial charge on any atom is -0.469 e. The second-order valence-electron chi connectivity index (χ2n) is 6.81. The number of nitrogens with one attached hydrogen (secondary N) is 1. The molecule has 3 rings (SSSR count). The van der Waals surface area contributed by atoms with Gasteiger partial charge in [-0.25, -0.2) is 10.0 Å². The summed E-state index contributed by atoms with van der Waals surface area (Å²) in [5.41, 5.74) is 4.37. The smallest absolute Gasteiger partial charge is 0.307 e. The first-order valence-corrected chi connectivity index (χ1v) is 9.63. The van der Waals surface area contributed by atoms with Crippen LogP contribution in [-0.2, 0) is 25.7 Å². The minimum absolute atomic E-state index is 0.0479. The van der Waals surface area contributed by atoms with Crippen LogP contribution in [0.4, 0.5) is 5.69 Å². The number of amides is 2. The number of nitrogens with zero attached hydrogens (tertiary/aromatic N) is 3. The quantitative estimate of drug-likeness (QED) is 0.707. The maximum absolute atomic E-state index is 13.3. The number of rotatable bonds is 7. The highest BCUT2D eigenvalue weighted by atomic mass is 16.5. The molecule has 0 fully saturated rings. The summed E-state index contributed by atoms with van der Waals surface area (Å²) < 4.78 is 4.71. The summed E-state index contributed by atoms with van der Waals surface area (Å²) in [6.45, 7) is 2.10. The number of benzene rings is 2. The lowest BCUT2D eigenvalue weighted by atomic mass is 10.2. The Morgan fingerprint density at radius 2 is 1.73 bits per heavy atom. The molecule has 156 valence electrons. The molecule has 1 unspecified atom stereocenters. The number of methoxy groups -OCH3 is 1. The van der Waals surface area contributed by atoms with Gasteiger partial charge in [0.1, 0.15) is 6.04 Å². The van der Waals surface area contributed by atoms with Crippen molar-refractivity contribution < 1.29 is 19.1 Å². The van der Waals surface area contributed by atoms with Crippen LogP contribution in [0.1, 0.15) is 18.9 Å². The van der Waals surface area contributed by atoms with E-state index in [1.165, 1.54) is 17.0 Å². The first-order chi connectivity index (χ1) is 14.5. The van der Waals surface area contributed by atoms with Crippen LogP contribution in [0.5, 0.6) is 0 Å². The molecule has 8 heteroatoms. The molecule has 0 spiro atoms. The standard InChI is InChI=1S/C22H24N4O4/c1-16-21(28)26(18-11-7-4-8-12-18)24-20(23-16)22(29)25(14-13-19(27)30-2)15-17-9-5-3-6-10-17/h3-12,16H,13-15H2,1-2H3,(H,23,24). The van der Waals surface area contributed by atoms with E-state index in [9.17, 15) is 14.4 Å². The summed E-state index contributed by atoms with van der Waals surface area (Å²) in [5.74, 6) is -1.02. The van der Waals surface area contributed by atoms with E-state index in [2.05, 4.69) is 10.4 Å². The van der Waals surface area contributed by atoms with Gasteiger partial charge in [0.25, 0.3) is 11.8 Å². The number of esters is 1. The van der Waals surface area contributed by atoms with Gasteiger partial charge >= 0.3 is 5.97 Å². The summed E-state index contributed by atoms with van der Waals surface area (Å²) in [4.78, 5) is 43.3. The number of carbonyl (C=O) groups is 3. The van der Waals surface area contributed by atoms with Crippen LogP contribution in [-0.4, -0.2) is 48.2 Å². The molecule has 0 saturated heterocycles. The molecular formula is C22H24N4O4. The number of anilines is 1. The maximum atomic E-state index is 13.3. The number of ether oxygens (including phenoxy) is 1. The fourth-order valence-corrected chi connectivity index (χ4v) is 3.03. The Bertz CT molecular complexity index is 931. The largest absolute Gasteiger partial charge is 0.469 e. The molecule has 0 bridgehead atoms. The van der Waals surface area contributed by atoms with Crippen LogP contribution in [0.15, 0.2) is 65.7 Å². The number of aliphatic imine (C=N–C) groups is 1. The van der Waals surface area contributed by atoms with Gasteiger partial charge in [-0.1, -0.05) is 48.5 Å². The van der Waals surface area contributed by atoms with Crippen molar-refractivity contribution in [1.29, 1.82) is 0 Å². The van der Waals surface area contributed by atoms with Gasteiger partial charge in [-0.15, -0.1) is 0 Å². The van der Waals surface area contributed by atoms with E-state index in [0.29, 0.717) is 12.2 Å². The summed E-state index contributed by atoms with van der Waals surface area (Å²) in [6.07, 6.45) is 0.0548. The predicted molar refractivity (Wildman–Crippen MR) is 112 cm³/mol. The Morgan fingerprint density at radius 3 is 2.37 bits per heavy atom. The highest BCUT2D eigenvalue weighted by Crippen LogP contribution is 2.17. The Morgan fingerprint density at radius 1 is 1.10 bits per heavy atom. The third-order valence-corrected chi connectivity index (χ3v) is 4.65. The lowest BCUT2D eigenvalue weighted by molar-refractivity contribution is -0.141. The summed E-state index contributed by atoms with van der Waals surface area (Å²) in [6, 6.07) is 17.7. The Balaban J connectivity index is 1.83. The Kier molecular flexibility index (Phi) is 6.79. The average molecular weight is 408 g/mol. The molecular weight excluding hydrogens is 384 g/mol. The Labute approximate surface area is 175 Å². The van der Waals surface area contributed by atoms with Crippen molar-refractivity contribution in [3.8, 4) is 0 Å². The number of para-hydroxylation sites is 1. The van der Waals surface area contributed by atoms with Crippen molar-refractivity contribution in [2.75, 3.05) is 18.7 Å². The molecule has 2 aromatic carbocycles. The predicted octanol–water partition coefficient (Wildman–Crippen LogP) is 1.92. The van der Waals surface area contributed by atoms with Crippen molar-refractivity contribution in [1.82, 2.24) is 10.3 Å². The second kappa shape index (κ2) is 9.69. The van der Waals surface area contributed by atoms with E-state index < -0.39 is 17.9 Å². The molecule has 1 aliphatic heterocycles. The van der Waals surface area contributed by atoms with Crippen LogP contribution in [0.2, 0.25) is 0 Å². The van der Waals surface area contributed by atoms with E-state index in [4.69, 9.17) is 4.74 Å².